The number of amides is 1. The number of nitrogen functional groups attached to an aromatic ring is 1. The minimum atomic E-state index is -3.77. The van der Waals surface area contributed by atoms with Crippen LogP contribution < -0.4 is 16.2 Å². The van der Waals surface area contributed by atoms with Crippen molar-refractivity contribution in [3.63, 3.8) is 0 Å². The van der Waals surface area contributed by atoms with E-state index in [-0.39, 0.29) is 35.4 Å². The van der Waals surface area contributed by atoms with E-state index < -0.39 is 15.9 Å². The number of nitrogens with one attached hydrogen (secondary N) is 1. The lowest BCUT2D eigenvalue weighted by Crippen LogP contribution is -2.29. The Labute approximate surface area is 115 Å². The summed E-state index contributed by atoms with van der Waals surface area (Å²) in [5, 5.41) is 0.263. The zero-order valence-electron chi connectivity index (χ0n) is 9.93. The molecule has 5 N–H and O–H groups in total. The molecule has 1 rings (SSSR count). The van der Waals surface area contributed by atoms with Gasteiger partial charge in [0.05, 0.1) is 12.3 Å². The van der Waals surface area contributed by atoms with Gasteiger partial charge in [-0.25, -0.2) is 13.1 Å². The smallest absolute Gasteiger partial charge is 0.243 e. The monoisotopic (exact) mass is 307 g/mol. The molecule has 0 aliphatic heterocycles. The molecule has 0 fully saturated rings. The molecule has 0 saturated carbocycles. The van der Waals surface area contributed by atoms with E-state index >= 15 is 0 Å². The number of nitrogens with two attached hydrogens (primary N) is 2. The Morgan fingerprint density at radius 3 is 2.74 bits per heavy atom. The molecule has 106 valence electrons. The number of hydrogen-bond acceptors (Lipinski definition) is 5. The number of carbonyl (C=O) groups excluding carboxylic acids is 1. The molecule has 0 spiro atoms. The molecular weight excluding hydrogens is 294 g/mol. The molecule has 0 bridgehead atoms. The van der Waals surface area contributed by atoms with Crippen molar-refractivity contribution in [3.8, 4) is 0 Å². The average Bonchev–Trinajstić information content (AvgIpc) is 2.31. The van der Waals surface area contributed by atoms with Crippen LogP contribution in [0.1, 0.15) is 0 Å². The summed E-state index contributed by atoms with van der Waals surface area (Å²) in [6.45, 7) is -0.259. The summed E-state index contributed by atoms with van der Waals surface area (Å²) in [5.74, 6) is -0.623. The number of halogens is 1. The molecule has 0 unspecified atom stereocenters. The van der Waals surface area contributed by atoms with E-state index in [9.17, 15) is 13.2 Å². The highest BCUT2D eigenvalue weighted by Gasteiger charge is 2.17. The molecule has 1 aromatic carbocycles. The Morgan fingerprint density at radius 2 is 2.11 bits per heavy atom. The maximum atomic E-state index is 11.9. The van der Waals surface area contributed by atoms with Gasteiger partial charge in [0.15, 0.2) is 0 Å². The Balaban J connectivity index is 2.61. The highest BCUT2D eigenvalue weighted by molar-refractivity contribution is 7.89. The van der Waals surface area contributed by atoms with Gasteiger partial charge in [-0.05, 0) is 18.2 Å². The SMILES string of the molecule is NC(=O)COCCNS(=O)(=O)c1cc(Cl)ccc1N. The van der Waals surface area contributed by atoms with Gasteiger partial charge in [-0.3, -0.25) is 4.79 Å². The maximum Gasteiger partial charge on any atom is 0.243 e. The molecule has 0 aliphatic carbocycles. The van der Waals surface area contributed by atoms with Crippen molar-refractivity contribution in [2.24, 2.45) is 5.73 Å². The van der Waals surface area contributed by atoms with Crippen LogP contribution in [0.5, 0.6) is 0 Å². The van der Waals surface area contributed by atoms with Gasteiger partial charge in [0, 0.05) is 11.6 Å². The third-order valence-corrected chi connectivity index (χ3v) is 3.80. The first kappa shape index (κ1) is 15.7. The fourth-order valence-electron chi connectivity index (χ4n) is 1.24. The number of ether oxygens (including phenoxy) is 1. The molecule has 0 radical (unpaired) electrons. The van der Waals surface area contributed by atoms with Crippen LogP contribution >= 0.6 is 11.6 Å². The zero-order valence-corrected chi connectivity index (χ0v) is 11.5. The molecule has 19 heavy (non-hydrogen) atoms. The van der Waals surface area contributed by atoms with Crippen LogP contribution in [0.15, 0.2) is 23.1 Å². The van der Waals surface area contributed by atoms with E-state index in [0.29, 0.717) is 0 Å². The number of rotatable bonds is 7. The molecule has 0 aromatic heterocycles. The second-order valence-corrected chi connectivity index (χ2v) is 5.77. The number of benzene rings is 1. The molecule has 0 saturated heterocycles. The number of primary amides is 1. The summed E-state index contributed by atoms with van der Waals surface area (Å²) in [7, 11) is -3.77. The third kappa shape index (κ3) is 5.03. The van der Waals surface area contributed by atoms with Gasteiger partial charge in [-0.15, -0.1) is 0 Å². The largest absolute Gasteiger partial charge is 0.398 e. The van der Waals surface area contributed by atoms with E-state index in [0.717, 1.165) is 0 Å². The lowest BCUT2D eigenvalue weighted by Gasteiger charge is -2.09. The Morgan fingerprint density at radius 1 is 1.42 bits per heavy atom. The van der Waals surface area contributed by atoms with Crippen molar-refractivity contribution in [2.45, 2.75) is 4.90 Å². The van der Waals surface area contributed by atoms with Gasteiger partial charge in [-0.1, -0.05) is 11.6 Å². The summed E-state index contributed by atoms with van der Waals surface area (Å²) in [6.07, 6.45) is 0. The number of carbonyl (C=O) groups is 1. The normalized spacial score (nSPS) is 11.4. The minimum Gasteiger partial charge on any atom is -0.398 e. The van der Waals surface area contributed by atoms with Crippen LogP contribution in [-0.2, 0) is 19.6 Å². The van der Waals surface area contributed by atoms with Crippen molar-refractivity contribution in [2.75, 3.05) is 25.5 Å². The van der Waals surface area contributed by atoms with Crippen LogP contribution in [0.4, 0.5) is 5.69 Å². The highest BCUT2D eigenvalue weighted by atomic mass is 35.5. The van der Waals surface area contributed by atoms with E-state index in [4.69, 9.17) is 27.8 Å². The van der Waals surface area contributed by atoms with Crippen LogP contribution in [0.3, 0.4) is 0 Å². The van der Waals surface area contributed by atoms with Crippen molar-refractivity contribution in [3.05, 3.63) is 23.2 Å². The lowest BCUT2D eigenvalue weighted by molar-refractivity contribution is -0.122. The number of anilines is 1. The third-order valence-electron chi connectivity index (χ3n) is 2.05. The predicted octanol–water partition coefficient (Wildman–Crippen LogP) is -0.298. The Kier molecular flexibility index (Phi) is 5.55. The molecule has 0 atom stereocenters. The first-order valence-electron chi connectivity index (χ1n) is 5.23. The fourth-order valence-corrected chi connectivity index (χ4v) is 2.64. The molecule has 0 heterocycles. The second kappa shape index (κ2) is 6.71. The second-order valence-electron chi connectivity index (χ2n) is 3.60. The predicted molar refractivity (Wildman–Crippen MR) is 71.1 cm³/mol. The van der Waals surface area contributed by atoms with Crippen molar-refractivity contribution in [1.82, 2.24) is 4.72 Å². The summed E-state index contributed by atoms with van der Waals surface area (Å²) < 4.78 is 30.9. The van der Waals surface area contributed by atoms with Gasteiger partial charge < -0.3 is 16.2 Å². The summed E-state index contributed by atoms with van der Waals surface area (Å²) in [5.41, 5.74) is 10.5. The van der Waals surface area contributed by atoms with E-state index in [1.807, 2.05) is 0 Å². The molecule has 7 nitrogen and oxygen atoms in total. The van der Waals surface area contributed by atoms with E-state index in [1.165, 1.54) is 18.2 Å². The summed E-state index contributed by atoms with van der Waals surface area (Å²) in [6, 6.07) is 4.15. The number of hydrogen-bond donors (Lipinski definition) is 3. The quantitative estimate of drug-likeness (QED) is 0.471. The van der Waals surface area contributed by atoms with Crippen LogP contribution in [-0.4, -0.2) is 34.1 Å². The highest BCUT2D eigenvalue weighted by Crippen LogP contribution is 2.22. The Hall–Kier alpha value is -1.35. The fraction of sp³-hybridized carbons (Fsp3) is 0.300. The molecular formula is C10H14ClN3O4S. The minimum absolute atomic E-state index is 0.0123. The van der Waals surface area contributed by atoms with Crippen LogP contribution in [0.25, 0.3) is 0 Å². The van der Waals surface area contributed by atoms with Crippen molar-refractivity contribution in [1.29, 1.82) is 0 Å². The lowest BCUT2D eigenvalue weighted by atomic mass is 10.3. The Bertz CT molecular complexity index is 562. The van der Waals surface area contributed by atoms with Gasteiger partial charge in [0.25, 0.3) is 0 Å². The van der Waals surface area contributed by atoms with Gasteiger partial charge in [0.1, 0.15) is 11.5 Å². The van der Waals surface area contributed by atoms with Crippen molar-refractivity contribution < 1.29 is 17.9 Å². The van der Waals surface area contributed by atoms with Crippen LogP contribution in [0.2, 0.25) is 5.02 Å². The van der Waals surface area contributed by atoms with Crippen molar-refractivity contribution >= 4 is 33.2 Å². The molecule has 1 amide bonds. The maximum absolute atomic E-state index is 11.9. The zero-order chi connectivity index (χ0) is 14.5. The van der Waals surface area contributed by atoms with Gasteiger partial charge >= 0.3 is 0 Å². The van der Waals surface area contributed by atoms with Gasteiger partial charge in [-0.2, -0.15) is 0 Å². The molecule has 9 heteroatoms. The molecule has 1 aromatic rings. The topological polar surface area (TPSA) is 125 Å². The molecule has 0 aliphatic rings. The van der Waals surface area contributed by atoms with Gasteiger partial charge in [0.2, 0.25) is 15.9 Å². The first-order chi connectivity index (χ1) is 8.83. The number of sulfonamides is 1. The van der Waals surface area contributed by atoms with Crippen LogP contribution in [0, 0.1) is 0 Å². The van der Waals surface area contributed by atoms with E-state index in [1.54, 1.807) is 0 Å². The summed E-state index contributed by atoms with van der Waals surface area (Å²) in [4.78, 5) is 10.3. The summed E-state index contributed by atoms with van der Waals surface area (Å²) >= 11 is 5.72. The average molecular weight is 308 g/mol. The van der Waals surface area contributed by atoms with E-state index in [2.05, 4.69) is 4.72 Å². The standard InChI is InChI=1S/C10H14ClN3O4S/c11-7-1-2-8(12)9(5-7)19(16,17)14-3-4-18-6-10(13)15/h1-2,5,14H,3-4,6,12H2,(H2,13,15). The first-order valence-corrected chi connectivity index (χ1v) is 7.10.